The van der Waals surface area contributed by atoms with E-state index in [0.29, 0.717) is 5.56 Å². The highest BCUT2D eigenvalue weighted by Crippen LogP contribution is 2.31. The maximum absolute atomic E-state index is 11.8. The van der Waals surface area contributed by atoms with Crippen molar-refractivity contribution in [2.24, 2.45) is 10.7 Å². The van der Waals surface area contributed by atoms with Gasteiger partial charge in [-0.15, -0.1) is 0 Å². The van der Waals surface area contributed by atoms with Crippen molar-refractivity contribution < 1.29 is 4.79 Å². The topological polar surface area (TPSA) is 79.2 Å². The van der Waals surface area contributed by atoms with Crippen molar-refractivity contribution in [3.63, 3.8) is 0 Å². The van der Waals surface area contributed by atoms with Crippen LogP contribution in [0, 0.1) is 11.3 Å². The smallest absolute Gasteiger partial charge is 0.251 e. The summed E-state index contributed by atoms with van der Waals surface area (Å²) in [6.45, 7) is 8.21. The normalized spacial score (nSPS) is 11.2. The van der Waals surface area contributed by atoms with Crippen molar-refractivity contribution in [3.05, 3.63) is 34.4 Å². The highest BCUT2D eigenvalue weighted by Gasteiger charge is 2.19. The summed E-state index contributed by atoms with van der Waals surface area (Å²) in [5.74, 6) is 0.171. The van der Waals surface area contributed by atoms with E-state index < -0.39 is 0 Å². The summed E-state index contributed by atoms with van der Waals surface area (Å²) >= 11 is 0. The van der Waals surface area contributed by atoms with Crippen molar-refractivity contribution >= 4 is 12.2 Å². The number of benzene rings is 1. The highest BCUT2D eigenvalue weighted by molar-refractivity contribution is 5.86. The van der Waals surface area contributed by atoms with Crippen LogP contribution in [0.25, 0.3) is 0 Å². The molecule has 1 amide bonds. The maximum atomic E-state index is 11.8. The molecule has 0 radical (unpaired) electrons. The number of nitrogens with two attached hydrogens (primary N) is 1. The fourth-order valence-electron chi connectivity index (χ4n) is 2.46. The van der Waals surface area contributed by atoms with Crippen molar-refractivity contribution in [3.8, 4) is 6.07 Å². The average Bonchev–Trinajstić information content (AvgIpc) is 2.37. The lowest BCUT2D eigenvalue weighted by atomic mass is 9.84. The van der Waals surface area contributed by atoms with Crippen LogP contribution in [0.15, 0.2) is 17.1 Å². The zero-order valence-corrected chi connectivity index (χ0v) is 12.5. The Morgan fingerprint density at radius 2 is 2.00 bits per heavy atom. The van der Waals surface area contributed by atoms with Crippen LogP contribution >= 0.6 is 0 Å². The molecular formula is C16H21N3O. The van der Waals surface area contributed by atoms with Crippen LogP contribution in [-0.4, -0.2) is 12.2 Å². The molecule has 0 spiro atoms. The molecule has 20 heavy (non-hydrogen) atoms. The van der Waals surface area contributed by atoms with Gasteiger partial charge in [-0.1, -0.05) is 33.8 Å². The summed E-state index contributed by atoms with van der Waals surface area (Å²) in [4.78, 5) is 15.4. The van der Waals surface area contributed by atoms with E-state index in [9.17, 15) is 10.1 Å². The fraction of sp³-hybridized carbons (Fsp3) is 0.438. The van der Waals surface area contributed by atoms with Crippen LogP contribution in [0.4, 0.5) is 0 Å². The maximum Gasteiger partial charge on any atom is 0.251 e. The van der Waals surface area contributed by atoms with Gasteiger partial charge >= 0.3 is 0 Å². The summed E-state index contributed by atoms with van der Waals surface area (Å²) < 4.78 is 0. The first kappa shape index (κ1) is 15.9. The molecule has 0 aliphatic heterocycles. The third kappa shape index (κ3) is 3.45. The molecule has 0 atom stereocenters. The van der Waals surface area contributed by atoms with Crippen LogP contribution in [0.5, 0.6) is 0 Å². The molecule has 0 heterocycles. The minimum Gasteiger partial charge on any atom is -0.390 e. The predicted octanol–water partition coefficient (Wildman–Crippen LogP) is 2.86. The molecule has 0 saturated heterocycles. The molecule has 0 bridgehead atoms. The minimum absolute atomic E-state index is 0.174. The zero-order chi connectivity index (χ0) is 15.3. The molecule has 4 nitrogen and oxygen atoms in total. The van der Waals surface area contributed by atoms with E-state index in [2.05, 4.69) is 24.9 Å². The van der Waals surface area contributed by atoms with E-state index in [4.69, 9.17) is 5.73 Å². The minimum atomic E-state index is -0.286. The Bertz CT molecular complexity index is 566. The molecule has 1 aromatic carbocycles. The molecule has 0 aliphatic rings. The van der Waals surface area contributed by atoms with Crippen molar-refractivity contribution in [1.82, 2.24) is 0 Å². The molecule has 1 aromatic rings. The third-order valence-electron chi connectivity index (χ3n) is 3.26. The first-order valence-corrected chi connectivity index (χ1v) is 6.75. The molecule has 0 saturated carbocycles. The van der Waals surface area contributed by atoms with E-state index in [1.807, 2.05) is 26.0 Å². The first-order valence-electron chi connectivity index (χ1n) is 6.75. The van der Waals surface area contributed by atoms with Gasteiger partial charge in [0.25, 0.3) is 5.91 Å². The molecule has 0 fully saturated rings. The molecule has 4 heteroatoms. The lowest BCUT2D eigenvalue weighted by Crippen LogP contribution is -2.11. The number of hydrogen-bond donors (Lipinski definition) is 1. The number of nitrogens with zero attached hydrogens (tertiary/aromatic N) is 2. The number of amides is 1. The largest absolute Gasteiger partial charge is 0.390 e. The summed E-state index contributed by atoms with van der Waals surface area (Å²) in [6, 6.07) is 5.99. The van der Waals surface area contributed by atoms with Crippen molar-refractivity contribution in [2.75, 3.05) is 0 Å². The lowest BCUT2D eigenvalue weighted by Gasteiger charge is -2.20. The Morgan fingerprint density at radius 3 is 2.45 bits per heavy atom. The van der Waals surface area contributed by atoms with Gasteiger partial charge in [0.15, 0.2) is 0 Å². The van der Waals surface area contributed by atoms with Gasteiger partial charge in [-0.25, -0.2) is 4.99 Å². The van der Waals surface area contributed by atoms with Crippen molar-refractivity contribution in [1.29, 1.82) is 5.26 Å². The monoisotopic (exact) mass is 271 g/mol. The van der Waals surface area contributed by atoms with Gasteiger partial charge in [0.2, 0.25) is 0 Å². The van der Waals surface area contributed by atoms with Crippen LogP contribution in [-0.2, 0) is 11.2 Å². The quantitative estimate of drug-likeness (QED) is 0.675. The van der Waals surface area contributed by atoms with Gasteiger partial charge in [-0.05, 0) is 34.6 Å². The van der Waals surface area contributed by atoms with E-state index in [-0.39, 0.29) is 24.2 Å². The summed E-state index contributed by atoms with van der Waals surface area (Å²) in [6.07, 6.45) is 1.20. The van der Waals surface area contributed by atoms with Crippen LogP contribution in [0.3, 0.4) is 0 Å². The van der Waals surface area contributed by atoms with Gasteiger partial charge in [-0.3, -0.25) is 4.79 Å². The summed E-state index contributed by atoms with van der Waals surface area (Å²) in [7, 11) is 0. The molecule has 0 aromatic heterocycles. The Hall–Kier alpha value is -2.15. The number of carbonyl (C=O) groups is 1. The van der Waals surface area contributed by atoms with Gasteiger partial charge in [-0.2, -0.15) is 5.26 Å². The zero-order valence-electron chi connectivity index (χ0n) is 12.5. The second-order valence-electron chi connectivity index (χ2n) is 5.36. The second kappa shape index (κ2) is 6.85. The number of carbonyl (C=O) groups excluding carboxylic acids is 1. The fourth-order valence-corrected chi connectivity index (χ4v) is 2.46. The Labute approximate surface area is 120 Å². The number of nitriles is 1. The standard InChI is InChI=1S/C16H21N3O/c1-10(2)13-6-5-12(8-17)16(11(3)4)14(13)7-15(20)19-9-18/h5-6,9-11H,7H2,1-4H3,(H2,18,19,20). The second-order valence-corrected chi connectivity index (χ2v) is 5.36. The molecule has 2 N–H and O–H groups in total. The third-order valence-corrected chi connectivity index (χ3v) is 3.26. The van der Waals surface area contributed by atoms with Gasteiger partial charge in [0, 0.05) is 0 Å². The average molecular weight is 271 g/mol. The molecule has 1 rings (SSSR count). The van der Waals surface area contributed by atoms with E-state index in [1.165, 1.54) is 0 Å². The van der Waals surface area contributed by atoms with Gasteiger partial charge in [0.1, 0.15) is 0 Å². The van der Waals surface area contributed by atoms with Crippen LogP contribution in [0.2, 0.25) is 0 Å². The number of hydrogen-bond acceptors (Lipinski definition) is 2. The highest BCUT2D eigenvalue weighted by atomic mass is 16.1. The van der Waals surface area contributed by atoms with Crippen LogP contribution in [0.1, 0.15) is 61.8 Å². The predicted molar refractivity (Wildman–Crippen MR) is 80.7 cm³/mol. The molecule has 106 valence electrons. The Morgan fingerprint density at radius 1 is 1.35 bits per heavy atom. The van der Waals surface area contributed by atoms with Gasteiger partial charge in [0.05, 0.1) is 24.4 Å². The molecule has 0 unspecified atom stereocenters. The van der Waals surface area contributed by atoms with Gasteiger partial charge < -0.3 is 5.73 Å². The number of aliphatic imine (C=N–C) groups is 1. The Balaban J connectivity index is 3.48. The molecular weight excluding hydrogens is 250 g/mol. The summed E-state index contributed by atoms with van der Waals surface area (Å²) in [5, 5.41) is 9.27. The Kier molecular flexibility index (Phi) is 5.45. The summed E-state index contributed by atoms with van der Waals surface area (Å²) in [5.41, 5.74) is 8.75. The van der Waals surface area contributed by atoms with E-state index in [1.54, 1.807) is 0 Å². The van der Waals surface area contributed by atoms with E-state index >= 15 is 0 Å². The molecule has 0 aliphatic carbocycles. The number of rotatable bonds is 4. The first-order chi connectivity index (χ1) is 9.42. The van der Waals surface area contributed by atoms with Crippen LogP contribution < -0.4 is 5.73 Å². The van der Waals surface area contributed by atoms with Crippen molar-refractivity contribution in [2.45, 2.75) is 46.0 Å². The lowest BCUT2D eigenvalue weighted by molar-refractivity contribution is -0.117. The van der Waals surface area contributed by atoms with E-state index in [0.717, 1.165) is 23.0 Å². The SMILES string of the molecule is CC(C)c1ccc(C#N)c(C(C)C)c1CC(=O)/N=C/N.